The van der Waals surface area contributed by atoms with E-state index < -0.39 is 0 Å². The predicted octanol–water partition coefficient (Wildman–Crippen LogP) is 3.82. The highest BCUT2D eigenvalue weighted by molar-refractivity contribution is 4.89. The van der Waals surface area contributed by atoms with Gasteiger partial charge < -0.3 is 4.57 Å². The molecule has 0 unspecified atom stereocenters. The zero-order valence-corrected chi connectivity index (χ0v) is 11.2. The summed E-state index contributed by atoms with van der Waals surface area (Å²) in [5, 5.41) is 0. The van der Waals surface area contributed by atoms with Gasteiger partial charge in [-0.15, -0.1) is 0 Å². The first-order valence-corrected chi connectivity index (χ1v) is 6.59. The summed E-state index contributed by atoms with van der Waals surface area (Å²) in [6, 6.07) is 0. The van der Waals surface area contributed by atoms with Crippen molar-refractivity contribution in [2.45, 2.75) is 52.9 Å². The van der Waals surface area contributed by atoms with Crippen LogP contribution in [0.15, 0.2) is 12.4 Å². The molecule has 16 heavy (non-hydrogen) atoms. The van der Waals surface area contributed by atoms with Crippen molar-refractivity contribution in [2.75, 3.05) is 0 Å². The van der Waals surface area contributed by atoms with Crippen LogP contribution in [0.3, 0.4) is 0 Å². The van der Waals surface area contributed by atoms with Crippen molar-refractivity contribution in [3.05, 3.63) is 18.2 Å². The Kier molecular flexibility index (Phi) is 5.58. The summed E-state index contributed by atoms with van der Waals surface area (Å²) in [5.41, 5.74) is 0. The molecule has 0 atom stereocenters. The summed E-state index contributed by atoms with van der Waals surface area (Å²) >= 11 is 0. The summed E-state index contributed by atoms with van der Waals surface area (Å²) in [5.74, 6) is 3.18. The molecule has 92 valence electrons. The van der Waals surface area contributed by atoms with Gasteiger partial charge in [0.2, 0.25) is 0 Å². The standard InChI is InChI=1S/C8H16.C6H10N2/c1-7-3-5-8(2)6-4-7;1-3-6-7-4-5-8(6)2/h7-8H,3-6H2,1-2H3;4-5H,3H2,1-2H3. The van der Waals surface area contributed by atoms with E-state index in [0.29, 0.717) is 0 Å². The van der Waals surface area contributed by atoms with Gasteiger partial charge >= 0.3 is 0 Å². The molecule has 1 aliphatic rings. The fourth-order valence-corrected chi connectivity index (χ4v) is 2.16. The molecule has 0 bridgehead atoms. The second kappa shape index (κ2) is 6.72. The number of aromatic nitrogens is 2. The molecule has 2 nitrogen and oxygen atoms in total. The van der Waals surface area contributed by atoms with Crippen LogP contribution in [0.4, 0.5) is 0 Å². The zero-order chi connectivity index (χ0) is 12.0. The first-order valence-electron chi connectivity index (χ1n) is 6.59. The van der Waals surface area contributed by atoms with Crippen molar-refractivity contribution in [2.24, 2.45) is 18.9 Å². The topological polar surface area (TPSA) is 17.8 Å². The third kappa shape index (κ3) is 4.38. The SMILES string of the molecule is CC1CCC(C)CC1.CCc1nccn1C. The summed E-state index contributed by atoms with van der Waals surface area (Å²) in [4.78, 5) is 4.10. The summed E-state index contributed by atoms with van der Waals surface area (Å²) in [7, 11) is 2.01. The second-order valence-corrected chi connectivity index (χ2v) is 5.17. The molecular formula is C14H26N2. The zero-order valence-electron chi connectivity index (χ0n) is 11.2. The van der Waals surface area contributed by atoms with Crippen molar-refractivity contribution in [1.82, 2.24) is 9.55 Å². The Morgan fingerprint density at radius 1 is 1.19 bits per heavy atom. The van der Waals surface area contributed by atoms with Crippen LogP contribution in [0.5, 0.6) is 0 Å². The summed E-state index contributed by atoms with van der Waals surface area (Å²) in [6.45, 7) is 6.83. The molecule has 0 aliphatic heterocycles. The van der Waals surface area contributed by atoms with Gasteiger partial charge in [-0.1, -0.05) is 46.5 Å². The number of hydrogen-bond acceptors (Lipinski definition) is 1. The van der Waals surface area contributed by atoms with Crippen molar-refractivity contribution in [3.63, 3.8) is 0 Å². The summed E-state index contributed by atoms with van der Waals surface area (Å²) < 4.78 is 2.03. The largest absolute Gasteiger partial charge is 0.338 e. The highest BCUT2D eigenvalue weighted by Gasteiger charge is 2.13. The molecule has 1 fully saturated rings. The van der Waals surface area contributed by atoms with Crippen LogP contribution in [0, 0.1) is 11.8 Å². The van der Waals surface area contributed by atoms with Gasteiger partial charge in [0, 0.05) is 25.9 Å². The second-order valence-electron chi connectivity index (χ2n) is 5.17. The smallest absolute Gasteiger partial charge is 0.108 e. The Labute approximate surface area is 100 Å². The van der Waals surface area contributed by atoms with Gasteiger partial charge in [-0.05, 0) is 11.8 Å². The highest BCUT2D eigenvalue weighted by Crippen LogP contribution is 2.27. The Hall–Kier alpha value is -0.790. The fraction of sp³-hybridized carbons (Fsp3) is 0.786. The van der Waals surface area contributed by atoms with Gasteiger partial charge in [-0.3, -0.25) is 0 Å². The highest BCUT2D eigenvalue weighted by atomic mass is 15.0. The van der Waals surface area contributed by atoms with Gasteiger partial charge in [0.05, 0.1) is 0 Å². The first kappa shape index (κ1) is 13.3. The van der Waals surface area contributed by atoms with Gasteiger partial charge in [0.1, 0.15) is 5.82 Å². The number of rotatable bonds is 1. The molecule has 0 spiro atoms. The quantitative estimate of drug-likeness (QED) is 0.706. The van der Waals surface area contributed by atoms with Crippen LogP contribution in [0.1, 0.15) is 52.3 Å². The van der Waals surface area contributed by atoms with Crippen molar-refractivity contribution in [1.29, 1.82) is 0 Å². The van der Waals surface area contributed by atoms with E-state index >= 15 is 0 Å². The molecule has 1 aromatic heterocycles. The minimum absolute atomic E-state index is 1.02. The number of aryl methyl sites for hydroxylation is 2. The molecule has 1 aromatic rings. The lowest BCUT2D eigenvalue weighted by molar-refractivity contribution is 0.308. The van der Waals surface area contributed by atoms with Gasteiger partial charge in [0.15, 0.2) is 0 Å². The fourth-order valence-electron chi connectivity index (χ4n) is 2.16. The molecule has 1 heterocycles. The third-order valence-corrected chi connectivity index (χ3v) is 3.54. The number of imidazole rings is 1. The Morgan fingerprint density at radius 3 is 1.94 bits per heavy atom. The monoisotopic (exact) mass is 222 g/mol. The van der Waals surface area contributed by atoms with E-state index in [1.807, 2.05) is 24.0 Å². The predicted molar refractivity (Wildman–Crippen MR) is 69.4 cm³/mol. The molecular weight excluding hydrogens is 196 g/mol. The maximum absolute atomic E-state index is 4.10. The third-order valence-electron chi connectivity index (χ3n) is 3.54. The lowest BCUT2D eigenvalue weighted by Gasteiger charge is -2.22. The molecule has 0 N–H and O–H groups in total. The normalized spacial score (nSPS) is 24.8. The lowest BCUT2D eigenvalue weighted by atomic mass is 9.84. The average Bonchev–Trinajstić information content (AvgIpc) is 2.69. The minimum Gasteiger partial charge on any atom is -0.338 e. The van der Waals surface area contributed by atoms with E-state index in [2.05, 4.69) is 25.8 Å². The van der Waals surface area contributed by atoms with E-state index in [9.17, 15) is 0 Å². The Balaban J connectivity index is 0.000000160. The molecule has 2 rings (SSSR count). The number of nitrogens with zero attached hydrogens (tertiary/aromatic N) is 2. The Bertz CT molecular complexity index is 273. The molecule has 0 saturated heterocycles. The molecule has 0 aromatic carbocycles. The van der Waals surface area contributed by atoms with E-state index in [0.717, 1.165) is 24.1 Å². The average molecular weight is 222 g/mol. The maximum atomic E-state index is 4.10. The van der Waals surface area contributed by atoms with E-state index in [1.165, 1.54) is 25.7 Å². The van der Waals surface area contributed by atoms with Crippen LogP contribution in [-0.4, -0.2) is 9.55 Å². The van der Waals surface area contributed by atoms with Gasteiger partial charge in [-0.25, -0.2) is 4.98 Å². The molecule has 1 saturated carbocycles. The van der Waals surface area contributed by atoms with Crippen molar-refractivity contribution >= 4 is 0 Å². The van der Waals surface area contributed by atoms with Crippen LogP contribution in [0.25, 0.3) is 0 Å². The summed E-state index contributed by atoms with van der Waals surface area (Å²) in [6.07, 6.45) is 10.7. The van der Waals surface area contributed by atoms with E-state index in [1.54, 1.807) is 0 Å². The van der Waals surface area contributed by atoms with Gasteiger partial charge in [-0.2, -0.15) is 0 Å². The number of hydrogen-bond donors (Lipinski definition) is 0. The molecule has 1 aliphatic carbocycles. The molecule has 0 amide bonds. The lowest BCUT2D eigenvalue weighted by Crippen LogP contribution is -2.08. The van der Waals surface area contributed by atoms with Crippen LogP contribution >= 0.6 is 0 Å². The molecule has 2 heteroatoms. The van der Waals surface area contributed by atoms with Crippen molar-refractivity contribution < 1.29 is 0 Å². The molecule has 0 radical (unpaired) electrons. The minimum atomic E-state index is 1.02. The van der Waals surface area contributed by atoms with Crippen LogP contribution < -0.4 is 0 Å². The van der Waals surface area contributed by atoms with Gasteiger partial charge in [0.25, 0.3) is 0 Å². The van der Waals surface area contributed by atoms with E-state index in [-0.39, 0.29) is 0 Å². The maximum Gasteiger partial charge on any atom is 0.108 e. The van der Waals surface area contributed by atoms with E-state index in [4.69, 9.17) is 0 Å². The Morgan fingerprint density at radius 2 is 1.69 bits per heavy atom. The van der Waals surface area contributed by atoms with Crippen LogP contribution in [-0.2, 0) is 13.5 Å². The van der Waals surface area contributed by atoms with Crippen LogP contribution in [0.2, 0.25) is 0 Å². The first-order chi connectivity index (χ1) is 7.63. The van der Waals surface area contributed by atoms with Crippen molar-refractivity contribution in [3.8, 4) is 0 Å².